The zero-order chi connectivity index (χ0) is 27.4. The normalized spacial score (nSPS) is 16.8. The molecule has 0 saturated carbocycles. The molecular formula is C29H36N4O4S. The van der Waals surface area contributed by atoms with Crippen molar-refractivity contribution in [1.29, 1.82) is 0 Å². The summed E-state index contributed by atoms with van der Waals surface area (Å²) in [6.45, 7) is 4.73. The van der Waals surface area contributed by atoms with Crippen molar-refractivity contribution in [3.63, 3.8) is 0 Å². The van der Waals surface area contributed by atoms with Gasteiger partial charge < -0.3 is 25.3 Å². The minimum absolute atomic E-state index is 0.109. The van der Waals surface area contributed by atoms with Crippen molar-refractivity contribution >= 4 is 28.8 Å². The van der Waals surface area contributed by atoms with Gasteiger partial charge in [-0.15, -0.1) is 11.3 Å². The van der Waals surface area contributed by atoms with E-state index < -0.39 is 24.0 Å². The number of aliphatic hydroxyl groups is 2. The van der Waals surface area contributed by atoms with Gasteiger partial charge in [-0.1, -0.05) is 30.3 Å². The van der Waals surface area contributed by atoms with Crippen LogP contribution in [0.4, 0.5) is 5.69 Å². The van der Waals surface area contributed by atoms with E-state index in [0.29, 0.717) is 18.0 Å². The Morgan fingerprint density at radius 1 is 1.13 bits per heavy atom. The molecule has 8 nitrogen and oxygen atoms in total. The predicted molar refractivity (Wildman–Crippen MR) is 149 cm³/mol. The molecule has 3 atom stereocenters. The van der Waals surface area contributed by atoms with Crippen LogP contribution in [0.1, 0.15) is 51.8 Å². The van der Waals surface area contributed by atoms with Gasteiger partial charge in [0.2, 0.25) is 0 Å². The number of hydrogen-bond donors (Lipinski definition) is 3. The number of carbonyl (C=O) groups is 2. The first-order valence-electron chi connectivity index (χ1n) is 12.9. The van der Waals surface area contributed by atoms with E-state index in [4.69, 9.17) is 0 Å². The van der Waals surface area contributed by atoms with Crippen LogP contribution in [0.25, 0.3) is 0 Å². The fourth-order valence-electron chi connectivity index (χ4n) is 4.92. The van der Waals surface area contributed by atoms with Crippen LogP contribution >= 0.6 is 11.3 Å². The molecule has 3 aromatic rings. The number of nitrogens with zero attached hydrogens (tertiary/aromatic N) is 3. The number of carbonyl (C=O) groups excluding carboxylic acids is 2. The van der Waals surface area contributed by atoms with Gasteiger partial charge in [0.25, 0.3) is 11.8 Å². The Bertz CT molecular complexity index is 1270. The Balaban J connectivity index is 1.34. The Labute approximate surface area is 227 Å². The van der Waals surface area contributed by atoms with Crippen molar-refractivity contribution in [2.75, 3.05) is 25.5 Å². The Morgan fingerprint density at radius 2 is 1.84 bits per heavy atom. The average Bonchev–Trinajstić information content (AvgIpc) is 3.58. The molecule has 1 aromatic heterocycles. The number of thiazole rings is 1. The molecule has 1 saturated heterocycles. The molecule has 1 aliphatic heterocycles. The molecule has 9 heteroatoms. The first-order chi connectivity index (χ1) is 18.2. The van der Waals surface area contributed by atoms with Crippen LogP contribution in [-0.4, -0.2) is 64.8 Å². The minimum atomic E-state index is -1.87. The van der Waals surface area contributed by atoms with Crippen molar-refractivity contribution in [3.05, 3.63) is 80.8 Å². The van der Waals surface area contributed by atoms with Crippen molar-refractivity contribution in [3.8, 4) is 0 Å². The van der Waals surface area contributed by atoms with Gasteiger partial charge in [0, 0.05) is 38.1 Å². The molecule has 2 heterocycles. The van der Waals surface area contributed by atoms with Gasteiger partial charge in [0.1, 0.15) is 5.01 Å². The molecule has 0 radical (unpaired) electrons. The monoisotopic (exact) mass is 536 g/mol. The van der Waals surface area contributed by atoms with E-state index in [0.717, 1.165) is 29.8 Å². The van der Waals surface area contributed by atoms with E-state index in [1.165, 1.54) is 28.0 Å². The van der Waals surface area contributed by atoms with E-state index in [1.54, 1.807) is 4.90 Å². The lowest BCUT2D eigenvalue weighted by Gasteiger charge is -2.29. The zero-order valence-electron chi connectivity index (χ0n) is 22.3. The molecule has 4 rings (SSSR count). The highest BCUT2D eigenvalue weighted by atomic mass is 32.1. The lowest BCUT2D eigenvalue weighted by atomic mass is 9.99. The van der Waals surface area contributed by atoms with Crippen LogP contribution in [0.2, 0.25) is 0 Å². The summed E-state index contributed by atoms with van der Waals surface area (Å²) in [5, 5.41) is 26.4. The van der Waals surface area contributed by atoms with Gasteiger partial charge in [-0.2, -0.15) is 0 Å². The fourth-order valence-corrected chi connectivity index (χ4v) is 5.66. The summed E-state index contributed by atoms with van der Waals surface area (Å²) < 4.78 is 0. The molecule has 3 N–H and O–H groups in total. The predicted octanol–water partition coefficient (Wildman–Crippen LogP) is 3.12. The zero-order valence-corrected chi connectivity index (χ0v) is 23.2. The topological polar surface area (TPSA) is 106 Å². The molecule has 202 valence electrons. The van der Waals surface area contributed by atoms with Crippen LogP contribution in [0.3, 0.4) is 0 Å². The third-order valence-corrected chi connectivity index (χ3v) is 8.04. The highest BCUT2D eigenvalue weighted by molar-refractivity contribution is 7.09. The van der Waals surface area contributed by atoms with E-state index in [1.807, 2.05) is 54.7 Å². The van der Waals surface area contributed by atoms with Crippen LogP contribution in [0.15, 0.2) is 47.8 Å². The minimum Gasteiger partial charge on any atom is -0.380 e. The smallest absolute Gasteiger partial charge is 0.255 e. The Morgan fingerprint density at radius 3 is 2.55 bits per heavy atom. The fraction of sp³-hybridized carbons (Fsp3) is 0.414. The maximum Gasteiger partial charge on any atom is 0.255 e. The van der Waals surface area contributed by atoms with Crippen LogP contribution in [-0.2, 0) is 22.6 Å². The van der Waals surface area contributed by atoms with E-state index in [2.05, 4.69) is 36.3 Å². The summed E-state index contributed by atoms with van der Waals surface area (Å²) in [7, 11) is 3.90. The van der Waals surface area contributed by atoms with Gasteiger partial charge >= 0.3 is 0 Å². The first kappa shape index (κ1) is 27.8. The summed E-state index contributed by atoms with van der Waals surface area (Å²) >= 11 is 1.42. The Kier molecular flexibility index (Phi) is 8.81. The number of anilines is 1. The molecule has 1 aliphatic rings. The van der Waals surface area contributed by atoms with Gasteiger partial charge in [0.05, 0.1) is 18.3 Å². The number of benzene rings is 2. The number of aromatic nitrogens is 1. The standard InChI is InChI=1S/C29H36N4O4S/c1-18-8-5-9-19(2)23(18)15-21-17-38-25(31-21)16-30-28(36)26(34)27(35)29(37)33-13-7-12-24(33)20-10-6-11-22(14-20)32(3)4/h5-6,8-11,14,17,24,26-27,34-35H,7,12-13,15-16H2,1-4H3,(H,30,36)/t24?,26-,27-/m1/s1. The molecule has 2 aromatic carbocycles. The Hall–Kier alpha value is -3.27. The summed E-state index contributed by atoms with van der Waals surface area (Å²) in [6, 6.07) is 13.9. The molecule has 38 heavy (non-hydrogen) atoms. The molecule has 0 spiro atoms. The van der Waals surface area contributed by atoms with Gasteiger partial charge in [-0.05, 0) is 61.1 Å². The third-order valence-electron chi connectivity index (χ3n) is 7.14. The average molecular weight is 537 g/mol. The van der Waals surface area contributed by atoms with Crippen LogP contribution < -0.4 is 10.2 Å². The quantitative estimate of drug-likeness (QED) is 0.388. The lowest BCUT2D eigenvalue weighted by Crippen LogP contribution is -2.50. The first-order valence-corrected chi connectivity index (χ1v) is 13.7. The molecule has 0 aliphatic carbocycles. The molecular weight excluding hydrogens is 500 g/mol. The number of rotatable bonds is 9. The van der Waals surface area contributed by atoms with Gasteiger partial charge in [-0.25, -0.2) is 4.98 Å². The van der Waals surface area contributed by atoms with Crippen molar-refractivity contribution in [1.82, 2.24) is 15.2 Å². The van der Waals surface area contributed by atoms with E-state index in [-0.39, 0.29) is 12.6 Å². The molecule has 0 bridgehead atoms. The molecule has 1 fully saturated rings. The summed E-state index contributed by atoms with van der Waals surface area (Å²) in [6.07, 6.45) is -1.47. The van der Waals surface area contributed by atoms with Gasteiger partial charge in [0.15, 0.2) is 12.2 Å². The van der Waals surface area contributed by atoms with Gasteiger partial charge in [-0.3, -0.25) is 9.59 Å². The SMILES string of the molecule is Cc1cccc(C)c1Cc1csc(CNC(=O)[C@H](O)[C@@H](O)C(=O)N2CCCC2c2cccc(N(C)C)c2)n1. The second-order valence-electron chi connectivity index (χ2n) is 10.1. The number of nitrogens with one attached hydrogen (secondary N) is 1. The lowest BCUT2D eigenvalue weighted by molar-refractivity contribution is -0.153. The third kappa shape index (κ3) is 6.23. The number of amides is 2. The van der Waals surface area contributed by atoms with E-state index >= 15 is 0 Å². The van der Waals surface area contributed by atoms with Crippen molar-refractivity contribution in [2.24, 2.45) is 0 Å². The number of hydrogen-bond acceptors (Lipinski definition) is 7. The van der Waals surface area contributed by atoms with E-state index in [9.17, 15) is 19.8 Å². The summed E-state index contributed by atoms with van der Waals surface area (Å²) in [4.78, 5) is 33.9. The maximum atomic E-state index is 13.1. The second kappa shape index (κ2) is 12.1. The number of aryl methyl sites for hydroxylation is 2. The summed E-state index contributed by atoms with van der Waals surface area (Å²) in [5.41, 5.74) is 6.54. The largest absolute Gasteiger partial charge is 0.380 e. The van der Waals surface area contributed by atoms with Crippen molar-refractivity contribution in [2.45, 2.75) is 57.9 Å². The molecule has 2 amide bonds. The highest BCUT2D eigenvalue weighted by Crippen LogP contribution is 2.34. The highest BCUT2D eigenvalue weighted by Gasteiger charge is 2.38. The second-order valence-corrected chi connectivity index (χ2v) is 11.0. The molecule has 1 unspecified atom stereocenters. The van der Waals surface area contributed by atoms with Crippen molar-refractivity contribution < 1.29 is 19.8 Å². The van der Waals surface area contributed by atoms with Crippen LogP contribution in [0.5, 0.6) is 0 Å². The van der Waals surface area contributed by atoms with Crippen LogP contribution in [0, 0.1) is 13.8 Å². The number of aliphatic hydroxyl groups excluding tert-OH is 2. The maximum absolute atomic E-state index is 13.1. The number of likely N-dealkylation sites (tertiary alicyclic amines) is 1. The summed E-state index contributed by atoms with van der Waals surface area (Å²) in [5.74, 6) is -1.45.